The number of fused-ring (bicyclic) bond motifs is 1. The van der Waals surface area contributed by atoms with Crippen molar-refractivity contribution in [3.8, 4) is 11.5 Å². The molecule has 8 N–H and O–H groups in total. The van der Waals surface area contributed by atoms with Gasteiger partial charge in [0.05, 0.1) is 19.5 Å². The summed E-state index contributed by atoms with van der Waals surface area (Å²) in [5.74, 6) is -0.980. The van der Waals surface area contributed by atoms with Gasteiger partial charge in [-0.1, -0.05) is 12.1 Å². The standard InChI is InChI=1S/C29H34O14/c30-11-19-22(34)23(35)25(37)29(41-19)43-27-20(12-31)42-28(26(38)24(27)36)40-18-3-1-2-15(32)21(18)16(33)6-4-13-5-7-17-14(10-13)8-9-39-17/h1-3,5,7-10,19-20,22-32,34-38H,4,6,11-12H2/t19-,20-,22-,23+,24-,25-,26-,27-,28-,29-/m1/s1. The number of benzene rings is 2. The van der Waals surface area contributed by atoms with E-state index in [2.05, 4.69) is 0 Å². The summed E-state index contributed by atoms with van der Waals surface area (Å²) in [5, 5.41) is 82.8. The number of furan rings is 1. The predicted molar refractivity (Wildman–Crippen MR) is 144 cm³/mol. The Morgan fingerprint density at radius 3 is 2.28 bits per heavy atom. The summed E-state index contributed by atoms with van der Waals surface area (Å²) in [4.78, 5) is 13.2. The van der Waals surface area contributed by atoms with Gasteiger partial charge >= 0.3 is 0 Å². The largest absolute Gasteiger partial charge is 0.507 e. The van der Waals surface area contributed by atoms with Crippen LogP contribution in [0.5, 0.6) is 11.5 Å². The molecule has 2 fully saturated rings. The van der Waals surface area contributed by atoms with Gasteiger partial charge in [0, 0.05) is 11.8 Å². The summed E-state index contributed by atoms with van der Waals surface area (Å²) in [6.45, 7) is -1.49. The third kappa shape index (κ3) is 6.39. The molecule has 3 heterocycles. The molecule has 2 saturated heterocycles. The molecule has 2 aromatic carbocycles. The Balaban J connectivity index is 1.28. The van der Waals surface area contributed by atoms with Crippen LogP contribution in [0.1, 0.15) is 22.3 Å². The average Bonchev–Trinajstić information content (AvgIpc) is 3.47. The Kier molecular flexibility index (Phi) is 9.63. The highest BCUT2D eigenvalue weighted by atomic mass is 16.7. The fraction of sp³-hybridized carbons (Fsp3) is 0.483. The number of hydrogen-bond acceptors (Lipinski definition) is 14. The Hall–Kier alpha value is -3.15. The fourth-order valence-electron chi connectivity index (χ4n) is 5.23. The number of carbonyl (C=O) groups excluding carboxylic acids is 1. The predicted octanol–water partition coefficient (Wildman–Crippen LogP) is -1.04. The quantitative estimate of drug-likeness (QED) is 0.129. The molecule has 0 saturated carbocycles. The van der Waals surface area contributed by atoms with Crippen molar-refractivity contribution in [2.75, 3.05) is 13.2 Å². The molecule has 0 spiro atoms. The van der Waals surface area contributed by atoms with Crippen LogP contribution < -0.4 is 4.74 Å². The van der Waals surface area contributed by atoms with E-state index in [1.165, 1.54) is 18.2 Å². The van der Waals surface area contributed by atoms with Crippen molar-refractivity contribution < 1.29 is 69.0 Å². The lowest BCUT2D eigenvalue weighted by Gasteiger charge is -2.45. The maximum atomic E-state index is 13.2. The second-order valence-electron chi connectivity index (χ2n) is 10.5. The number of ether oxygens (including phenoxy) is 4. The number of aryl methyl sites for hydroxylation is 1. The number of aromatic hydroxyl groups is 1. The molecule has 14 heteroatoms. The summed E-state index contributed by atoms with van der Waals surface area (Å²) in [7, 11) is 0. The molecule has 0 bridgehead atoms. The van der Waals surface area contributed by atoms with Gasteiger partial charge in [0.2, 0.25) is 6.29 Å². The SMILES string of the molecule is O=C(CCc1ccc2occc2c1)c1c(O)cccc1O[C@@H]1O[C@H](CO)[C@@H](O[C@H]2O[C@H](CO)[C@@H](O)[C@H](O)[C@H]2O)[C@H](O)[C@H]1O. The van der Waals surface area contributed by atoms with Gasteiger partial charge in [0.25, 0.3) is 0 Å². The average molecular weight is 607 g/mol. The van der Waals surface area contributed by atoms with E-state index >= 15 is 0 Å². The summed E-state index contributed by atoms with van der Waals surface area (Å²) in [6.07, 6.45) is -14.5. The molecule has 0 amide bonds. The first-order valence-corrected chi connectivity index (χ1v) is 13.7. The van der Waals surface area contributed by atoms with Gasteiger partial charge in [-0.3, -0.25) is 4.79 Å². The van der Waals surface area contributed by atoms with Gasteiger partial charge < -0.3 is 64.2 Å². The maximum Gasteiger partial charge on any atom is 0.229 e. The van der Waals surface area contributed by atoms with Crippen molar-refractivity contribution in [1.29, 1.82) is 0 Å². The lowest BCUT2D eigenvalue weighted by Crippen LogP contribution is -2.65. The lowest BCUT2D eigenvalue weighted by atomic mass is 9.97. The van der Waals surface area contributed by atoms with Crippen LogP contribution in [0.3, 0.4) is 0 Å². The molecule has 0 aliphatic carbocycles. The van der Waals surface area contributed by atoms with Gasteiger partial charge in [0.1, 0.15) is 71.5 Å². The first-order chi connectivity index (χ1) is 20.6. The zero-order chi connectivity index (χ0) is 30.8. The third-order valence-electron chi connectivity index (χ3n) is 7.64. The number of aliphatic hydroxyl groups excluding tert-OH is 7. The molecule has 2 aliphatic heterocycles. The van der Waals surface area contributed by atoms with Crippen LogP contribution in [-0.4, -0.2) is 121 Å². The smallest absolute Gasteiger partial charge is 0.229 e. The van der Waals surface area contributed by atoms with Crippen molar-refractivity contribution in [3.05, 3.63) is 59.9 Å². The lowest BCUT2D eigenvalue weighted by molar-refractivity contribution is -0.352. The van der Waals surface area contributed by atoms with E-state index in [4.69, 9.17) is 23.4 Å². The molecule has 43 heavy (non-hydrogen) atoms. The van der Waals surface area contributed by atoms with E-state index in [1.54, 1.807) is 18.4 Å². The van der Waals surface area contributed by atoms with Crippen LogP contribution in [0.25, 0.3) is 11.0 Å². The number of phenolic OH excluding ortho intramolecular Hbond substituents is 1. The second kappa shape index (κ2) is 13.2. The van der Waals surface area contributed by atoms with Crippen molar-refractivity contribution >= 4 is 16.8 Å². The molecule has 1 aromatic heterocycles. The van der Waals surface area contributed by atoms with Crippen molar-refractivity contribution in [2.24, 2.45) is 0 Å². The second-order valence-corrected chi connectivity index (χ2v) is 10.5. The zero-order valence-corrected chi connectivity index (χ0v) is 22.7. The van der Waals surface area contributed by atoms with Gasteiger partial charge in [-0.05, 0) is 42.3 Å². The number of hydrogen-bond donors (Lipinski definition) is 8. The highest BCUT2D eigenvalue weighted by Gasteiger charge is 2.51. The number of Topliss-reactive ketones (excluding diaryl/α,β-unsaturated/α-hetero) is 1. The third-order valence-corrected chi connectivity index (χ3v) is 7.64. The molecule has 0 radical (unpaired) electrons. The minimum atomic E-state index is -1.83. The Labute approximate surface area is 244 Å². The van der Waals surface area contributed by atoms with E-state index in [9.17, 15) is 45.6 Å². The van der Waals surface area contributed by atoms with Crippen LogP contribution in [-0.2, 0) is 20.6 Å². The minimum absolute atomic E-state index is 0.00225. The van der Waals surface area contributed by atoms with E-state index < -0.39 is 80.4 Å². The van der Waals surface area contributed by atoms with Gasteiger partial charge in [-0.2, -0.15) is 0 Å². The van der Waals surface area contributed by atoms with E-state index in [1.807, 2.05) is 12.1 Å². The number of aliphatic hydroxyl groups is 7. The number of rotatable bonds is 10. The molecule has 5 rings (SSSR count). The molecule has 14 nitrogen and oxygen atoms in total. The molecule has 2 aliphatic rings. The summed E-state index contributed by atoms with van der Waals surface area (Å²) < 4.78 is 27.6. The van der Waals surface area contributed by atoms with Gasteiger partial charge in [-0.25, -0.2) is 0 Å². The summed E-state index contributed by atoms with van der Waals surface area (Å²) >= 11 is 0. The summed E-state index contributed by atoms with van der Waals surface area (Å²) in [6, 6.07) is 11.4. The first-order valence-electron chi connectivity index (χ1n) is 13.7. The highest BCUT2D eigenvalue weighted by Crippen LogP contribution is 2.34. The van der Waals surface area contributed by atoms with Crippen molar-refractivity contribution in [1.82, 2.24) is 0 Å². The van der Waals surface area contributed by atoms with Crippen LogP contribution in [0.2, 0.25) is 0 Å². The molecule has 234 valence electrons. The Morgan fingerprint density at radius 2 is 1.53 bits per heavy atom. The number of phenols is 1. The normalized spacial score (nSPS) is 33.0. The fourth-order valence-corrected chi connectivity index (χ4v) is 5.23. The van der Waals surface area contributed by atoms with Crippen molar-refractivity contribution in [2.45, 2.75) is 74.3 Å². The van der Waals surface area contributed by atoms with Crippen LogP contribution in [0.15, 0.2) is 53.1 Å². The molecule has 10 atom stereocenters. The highest BCUT2D eigenvalue weighted by molar-refractivity contribution is 6.01. The van der Waals surface area contributed by atoms with E-state index in [-0.39, 0.29) is 23.5 Å². The number of carbonyl (C=O) groups is 1. The van der Waals surface area contributed by atoms with E-state index in [0.717, 1.165) is 10.9 Å². The van der Waals surface area contributed by atoms with E-state index in [0.29, 0.717) is 12.0 Å². The topological polar surface area (TPSA) is 229 Å². The monoisotopic (exact) mass is 606 g/mol. The summed E-state index contributed by atoms with van der Waals surface area (Å²) in [5.41, 5.74) is 1.41. The minimum Gasteiger partial charge on any atom is -0.507 e. The van der Waals surface area contributed by atoms with Crippen LogP contribution >= 0.6 is 0 Å². The van der Waals surface area contributed by atoms with Gasteiger partial charge in [0.15, 0.2) is 12.1 Å². The first kappa shape index (κ1) is 31.3. The van der Waals surface area contributed by atoms with Crippen LogP contribution in [0.4, 0.5) is 0 Å². The Morgan fingerprint density at radius 1 is 0.814 bits per heavy atom. The molecular formula is C29H34O14. The maximum absolute atomic E-state index is 13.2. The van der Waals surface area contributed by atoms with Crippen molar-refractivity contribution in [3.63, 3.8) is 0 Å². The zero-order valence-electron chi connectivity index (χ0n) is 22.7. The Bertz CT molecular complexity index is 1390. The molecule has 0 unspecified atom stereocenters. The van der Waals surface area contributed by atoms with Crippen LogP contribution in [0, 0.1) is 0 Å². The number of ketones is 1. The molecular weight excluding hydrogens is 572 g/mol. The van der Waals surface area contributed by atoms with Gasteiger partial charge in [-0.15, -0.1) is 0 Å². The molecule has 3 aromatic rings.